The lowest BCUT2D eigenvalue weighted by Crippen LogP contribution is -2.16. The Kier molecular flexibility index (Phi) is 7.15. The van der Waals surface area contributed by atoms with Crippen molar-refractivity contribution in [3.05, 3.63) is 83.8 Å². The Morgan fingerprint density at radius 3 is 2.31 bits per heavy atom. The molecule has 0 saturated heterocycles. The summed E-state index contributed by atoms with van der Waals surface area (Å²) in [5.41, 5.74) is -0.487. The lowest BCUT2D eigenvalue weighted by molar-refractivity contribution is -0.138. The van der Waals surface area contributed by atoms with Crippen LogP contribution in [0.4, 0.5) is 28.9 Å². The minimum absolute atomic E-state index is 0.106. The quantitative estimate of drug-likeness (QED) is 0.313. The van der Waals surface area contributed by atoms with Crippen LogP contribution in [-0.2, 0) is 21.0 Å². The maximum absolute atomic E-state index is 13.2. The molecule has 0 unspecified atom stereocenters. The summed E-state index contributed by atoms with van der Waals surface area (Å²) in [6, 6.07) is 9.72. The maximum atomic E-state index is 13.2. The van der Waals surface area contributed by atoms with E-state index in [1.807, 2.05) is 0 Å². The van der Waals surface area contributed by atoms with E-state index in [2.05, 4.69) is 21.6 Å². The number of alkyl halides is 3. The third kappa shape index (κ3) is 6.35. The van der Waals surface area contributed by atoms with Gasteiger partial charge in [-0.3, -0.25) is 9.52 Å². The summed E-state index contributed by atoms with van der Waals surface area (Å²) >= 11 is 0. The Morgan fingerprint density at radius 1 is 1.06 bits per heavy atom. The van der Waals surface area contributed by atoms with Crippen LogP contribution in [0.5, 0.6) is 11.6 Å². The highest BCUT2D eigenvalue weighted by Gasteiger charge is 2.34. The van der Waals surface area contributed by atoms with Crippen LogP contribution in [-0.4, -0.2) is 19.3 Å². The Morgan fingerprint density at radius 2 is 1.71 bits per heavy atom. The number of aromatic nitrogens is 1. The molecule has 0 aliphatic carbocycles. The first kappa shape index (κ1) is 25.7. The van der Waals surface area contributed by atoms with E-state index in [9.17, 15) is 30.8 Å². The zero-order valence-corrected chi connectivity index (χ0v) is 19.2. The van der Waals surface area contributed by atoms with E-state index in [-0.39, 0.29) is 28.6 Å². The molecular weight excluding hydrogens is 490 g/mol. The SMILES string of the molecule is C=C(F)C(=O)Nc1ccc(Oc2ncc(C)cc2NS(=O)(=O)c2ccc(C)c(C(F)(F)F)c2)cc1. The Bertz CT molecular complexity index is 1390. The number of hydrogen-bond donors (Lipinski definition) is 2. The topological polar surface area (TPSA) is 97.4 Å². The van der Waals surface area contributed by atoms with E-state index >= 15 is 0 Å². The molecular formula is C23H19F4N3O4S. The van der Waals surface area contributed by atoms with E-state index in [1.165, 1.54) is 43.5 Å². The summed E-state index contributed by atoms with van der Waals surface area (Å²) in [5.74, 6) is -2.16. The highest BCUT2D eigenvalue weighted by atomic mass is 32.2. The lowest BCUT2D eigenvalue weighted by Gasteiger charge is -2.15. The van der Waals surface area contributed by atoms with Gasteiger partial charge in [0.15, 0.2) is 5.83 Å². The van der Waals surface area contributed by atoms with Gasteiger partial charge >= 0.3 is 6.18 Å². The van der Waals surface area contributed by atoms with Crippen molar-refractivity contribution in [3.63, 3.8) is 0 Å². The summed E-state index contributed by atoms with van der Waals surface area (Å²) in [6.45, 7) is 5.76. The predicted molar refractivity (Wildman–Crippen MR) is 121 cm³/mol. The molecule has 3 aromatic rings. The number of halogens is 4. The summed E-state index contributed by atoms with van der Waals surface area (Å²) in [6.07, 6.45) is -3.32. The number of hydrogen-bond acceptors (Lipinski definition) is 5. The number of amides is 1. The molecule has 0 aliphatic heterocycles. The Hall–Kier alpha value is -3.93. The average molecular weight is 509 g/mol. The summed E-state index contributed by atoms with van der Waals surface area (Å²) < 4.78 is 86.2. The zero-order chi connectivity index (χ0) is 26.0. The number of nitrogens with one attached hydrogen (secondary N) is 2. The molecule has 0 radical (unpaired) electrons. The smallest absolute Gasteiger partial charge is 0.416 e. The fourth-order valence-electron chi connectivity index (χ4n) is 2.91. The molecule has 184 valence electrons. The minimum atomic E-state index is -4.72. The van der Waals surface area contributed by atoms with Crippen molar-refractivity contribution in [1.82, 2.24) is 4.98 Å². The van der Waals surface area contributed by atoms with Gasteiger partial charge in [0.2, 0.25) is 5.88 Å². The van der Waals surface area contributed by atoms with Crippen LogP contribution in [0.25, 0.3) is 0 Å². The van der Waals surface area contributed by atoms with E-state index in [1.54, 1.807) is 6.92 Å². The van der Waals surface area contributed by atoms with Gasteiger partial charge in [-0.15, -0.1) is 0 Å². The molecule has 7 nitrogen and oxygen atoms in total. The second kappa shape index (κ2) is 9.74. The number of aryl methyl sites for hydroxylation is 2. The van der Waals surface area contributed by atoms with Crippen molar-refractivity contribution in [3.8, 4) is 11.6 Å². The number of ether oxygens (including phenoxy) is 1. The number of carbonyl (C=O) groups is 1. The second-order valence-corrected chi connectivity index (χ2v) is 9.11. The zero-order valence-electron chi connectivity index (χ0n) is 18.4. The van der Waals surface area contributed by atoms with Crippen LogP contribution in [0, 0.1) is 13.8 Å². The van der Waals surface area contributed by atoms with Crippen molar-refractivity contribution in [2.75, 3.05) is 10.0 Å². The highest BCUT2D eigenvalue weighted by molar-refractivity contribution is 7.92. The van der Waals surface area contributed by atoms with E-state index < -0.39 is 38.4 Å². The average Bonchev–Trinajstić information content (AvgIpc) is 2.76. The van der Waals surface area contributed by atoms with Gasteiger partial charge in [-0.1, -0.05) is 12.6 Å². The molecule has 2 N–H and O–H groups in total. The molecule has 0 atom stereocenters. The molecule has 12 heteroatoms. The van der Waals surface area contributed by atoms with Crippen molar-refractivity contribution in [1.29, 1.82) is 0 Å². The monoisotopic (exact) mass is 509 g/mol. The predicted octanol–water partition coefficient (Wildman–Crippen LogP) is 5.73. The fraction of sp³-hybridized carbons (Fsp3) is 0.130. The largest absolute Gasteiger partial charge is 0.437 e. The van der Waals surface area contributed by atoms with E-state index in [0.29, 0.717) is 11.6 Å². The minimum Gasteiger partial charge on any atom is -0.437 e. The molecule has 1 aromatic heterocycles. The van der Waals surface area contributed by atoms with E-state index in [4.69, 9.17) is 4.74 Å². The molecule has 0 aliphatic rings. The lowest BCUT2D eigenvalue weighted by atomic mass is 10.1. The number of rotatable bonds is 7. The van der Waals surface area contributed by atoms with Crippen LogP contribution in [0.2, 0.25) is 0 Å². The molecule has 35 heavy (non-hydrogen) atoms. The molecule has 0 saturated carbocycles. The first-order chi connectivity index (χ1) is 16.3. The van der Waals surface area contributed by atoms with Gasteiger partial charge in [-0.05, 0) is 67.4 Å². The third-order valence-corrected chi connectivity index (χ3v) is 5.99. The molecule has 3 rings (SSSR count). The summed E-state index contributed by atoms with van der Waals surface area (Å²) in [4.78, 5) is 14.8. The summed E-state index contributed by atoms with van der Waals surface area (Å²) in [7, 11) is -4.43. The number of sulfonamides is 1. The second-order valence-electron chi connectivity index (χ2n) is 7.43. The van der Waals surface area contributed by atoms with Gasteiger partial charge in [0, 0.05) is 11.9 Å². The Balaban J connectivity index is 1.88. The molecule has 1 heterocycles. The van der Waals surface area contributed by atoms with Gasteiger partial charge in [-0.2, -0.15) is 13.2 Å². The van der Waals surface area contributed by atoms with Crippen LogP contribution in [0.1, 0.15) is 16.7 Å². The number of nitrogens with zero attached hydrogens (tertiary/aromatic N) is 1. The molecule has 0 spiro atoms. The molecule has 1 amide bonds. The van der Waals surface area contributed by atoms with Crippen LogP contribution in [0.3, 0.4) is 0 Å². The highest BCUT2D eigenvalue weighted by Crippen LogP contribution is 2.35. The number of anilines is 2. The maximum Gasteiger partial charge on any atom is 0.416 e. The first-order valence-corrected chi connectivity index (χ1v) is 11.4. The fourth-order valence-corrected chi connectivity index (χ4v) is 3.98. The van der Waals surface area contributed by atoms with Crippen LogP contribution < -0.4 is 14.8 Å². The van der Waals surface area contributed by atoms with Gasteiger partial charge < -0.3 is 10.1 Å². The van der Waals surface area contributed by atoms with Crippen molar-refractivity contribution < 1.29 is 35.5 Å². The standard InChI is InChI=1S/C23H19F4N3O4S/c1-13-10-20(30-35(32,33)18-9-4-14(2)19(11-18)23(25,26)27)22(28-12-13)34-17-7-5-16(6-8-17)29-21(31)15(3)24/h4-12,30H,3H2,1-2H3,(H,29,31). The summed E-state index contributed by atoms with van der Waals surface area (Å²) in [5, 5.41) is 2.26. The van der Waals surface area contributed by atoms with Gasteiger partial charge in [0.1, 0.15) is 11.4 Å². The van der Waals surface area contributed by atoms with Crippen molar-refractivity contribution >= 4 is 27.3 Å². The Labute approximate surface area is 198 Å². The first-order valence-electron chi connectivity index (χ1n) is 9.87. The van der Waals surface area contributed by atoms with Crippen LogP contribution in [0.15, 0.2) is 72.0 Å². The molecule has 0 fully saturated rings. The van der Waals surface area contributed by atoms with Gasteiger partial charge in [0.25, 0.3) is 15.9 Å². The molecule has 0 bridgehead atoms. The van der Waals surface area contributed by atoms with Gasteiger partial charge in [0.05, 0.1) is 10.5 Å². The number of pyridine rings is 1. The van der Waals surface area contributed by atoms with Crippen molar-refractivity contribution in [2.45, 2.75) is 24.9 Å². The van der Waals surface area contributed by atoms with Gasteiger partial charge in [-0.25, -0.2) is 17.8 Å². The molecule has 2 aromatic carbocycles. The van der Waals surface area contributed by atoms with E-state index in [0.717, 1.165) is 12.1 Å². The third-order valence-electron chi connectivity index (χ3n) is 4.63. The normalized spacial score (nSPS) is 11.6. The number of carbonyl (C=O) groups excluding carboxylic acids is 1. The number of benzene rings is 2. The van der Waals surface area contributed by atoms with Crippen molar-refractivity contribution in [2.24, 2.45) is 0 Å². The van der Waals surface area contributed by atoms with Crippen LogP contribution >= 0.6 is 0 Å².